The third-order valence-electron chi connectivity index (χ3n) is 5.61. The van der Waals surface area contributed by atoms with Crippen LogP contribution in [0.2, 0.25) is 0 Å². The number of fused-ring (bicyclic) bond motifs is 1. The van der Waals surface area contributed by atoms with E-state index < -0.39 is 5.92 Å². The number of aromatic nitrogens is 2. The van der Waals surface area contributed by atoms with E-state index in [4.69, 9.17) is 4.74 Å². The first-order chi connectivity index (χ1) is 15.1. The lowest BCUT2D eigenvalue weighted by atomic mass is 10.1. The first kappa shape index (κ1) is 19.7. The van der Waals surface area contributed by atoms with E-state index in [1.807, 2.05) is 42.5 Å². The molecule has 158 valence electrons. The van der Waals surface area contributed by atoms with E-state index in [2.05, 4.69) is 21.1 Å². The van der Waals surface area contributed by atoms with Crippen molar-refractivity contribution in [3.63, 3.8) is 0 Å². The van der Waals surface area contributed by atoms with Crippen LogP contribution in [0, 0.1) is 5.92 Å². The summed E-state index contributed by atoms with van der Waals surface area (Å²) in [6.45, 7) is 1.35. The largest absolute Gasteiger partial charge is 0.497 e. The fourth-order valence-electron chi connectivity index (χ4n) is 3.93. The quantitative estimate of drug-likeness (QED) is 0.663. The van der Waals surface area contributed by atoms with Gasteiger partial charge in [0.25, 0.3) is 0 Å². The molecule has 2 aromatic carbocycles. The number of nitrogens with zero attached hydrogens (tertiary/aromatic N) is 3. The Morgan fingerprint density at radius 1 is 1.23 bits per heavy atom. The van der Waals surface area contributed by atoms with Crippen LogP contribution >= 0.6 is 11.8 Å². The SMILES string of the molecule is COc1cccc(N2CC(C(=O)Nc3ccc(-c4cn5c(n4)SCC5)cc3)CC2=O)c1. The smallest absolute Gasteiger partial charge is 0.229 e. The van der Waals surface area contributed by atoms with Gasteiger partial charge in [-0.1, -0.05) is 30.0 Å². The molecule has 1 aromatic heterocycles. The van der Waals surface area contributed by atoms with Crippen LogP contribution in [0.15, 0.2) is 59.9 Å². The van der Waals surface area contributed by atoms with Crippen molar-refractivity contribution in [1.29, 1.82) is 0 Å². The second kappa shape index (κ2) is 8.11. The minimum Gasteiger partial charge on any atom is -0.497 e. The van der Waals surface area contributed by atoms with Crippen LogP contribution < -0.4 is 15.0 Å². The monoisotopic (exact) mass is 434 g/mol. The summed E-state index contributed by atoms with van der Waals surface area (Å²) in [5.41, 5.74) is 3.41. The van der Waals surface area contributed by atoms with Crippen molar-refractivity contribution in [3.8, 4) is 17.0 Å². The van der Waals surface area contributed by atoms with Gasteiger partial charge in [0.1, 0.15) is 5.75 Å². The number of anilines is 2. The molecule has 31 heavy (non-hydrogen) atoms. The zero-order valence-corrected chi connectivity index (χ0v) is 17.9. The molecule has 0 spiro atoms. The van der Waals surface area contributed by atoms with Gasteiger partial charge in [0.05, 0.1) is 18.7 Å². The Hall–Kier alpha value is -3.26. The Balaban J connectivity index is 1.24. The number of methoxy groups -OCH3 is 1. The van der Waals surface area contributed by atoms with E-state index >= 15 is 0 Å². The number of aryl methyl sites for hydroxylation is 1. The van der Waals surface area contributed by atoms with Crippen LogP contribution in [0.25, 0.3) is 11.3 Å². The Morgan fingerprint density at radius 3 is 2.84 bits per heavy atom. The van der Waals surface area contributed by atoms with E-state index in [0.29, 0.717) is 18.0 Å². The number of thioether (sulfide) groups is 1. The number of rotatable bonds is 5. The van der Waals surface area contributed by atoms with Crippen molar-refractivity contribution < 1.29 is 14.3 Å². The highest BCUT2D eigenvalue weighted by Gasteiger charge is 2.35. The first-order valence-electron chi connectivity index (χ1n) is 10.2. The summed E-state index contributed by atoms with van der Waals surface area (Å²) in [5.74, 6) is 1.15. The lowest BCUT2D eigenvalue weighted by Gasteiger charge is -2.17. The third kappa shape index (κ3) is 3.90. The van der Waals surface area contributed by atoms with Gasteiger partial charge in [-0.3, -0.25) is 9.59 Å². The summed E-state index contributed by atoms with van der Waals surface area (Å²) in [4.78, 5) is 31.6. The Bertz CT molecular complexity index is 1120. The van der Waals surface area contributed by atoms with Gasteiger partial charge in [-0.25, -0.2) is 4.98 Å². The van der Waals surface area contributed by atoms with E-state index in [0.717, 1.165) is 34.4 Å². The van der Waals surface area contributed by atoms with Gasteiger partial charge in [-0.2, -0.15) is 0 Å². The highest BCUT2D eigenvalue weighted by atomic mass is 32.2. The van der Waals surface area contributed by atoms with Crippen LogP contribution in [-0.4, -0.2) is 40.8 Å². The standard InChI is InChI=1S/C23H22N4O3S/c1-30-19-4-2-3-18(12-19)27-13-16(11-21(27)28)22(29)24-17-7-5-15(6-8-17)20-14-26-9-10-31-23(26)25-20/h2-8,12,14,16H,9-11,13H2,1H3,(H,24,29). The molecule has 0 aliphatic carbocycles. The van der Waals surface area contributed by atoms with Gasteiger partial charge in [-0.15, -0.1) is 0 Å². The molecule has 1 fully saturated rings. The number of carbonyl (C=O) groups is 2. The van der Waals surface area contributed by atoms with Gasteiger partial charge >= 0.3 is 0 Å². The van der Waals surface area contributed by atoms with E-state index in [1.54, 1.807) is 29.8 Å². The van der Waals surface area contributed by atoms with E-state index in [1.165, 1.54) is 0 Å². The highest BCUT2D eigenvalue weighted by molar-refractivity contribution is 7.99. The number of hydrogen-bond acceptors (Lipinski definition) is 5. The van der Waals surface area contributed by atoms with Crippen molar-refractivity contribution in [2.45, 2.75) is 18.1 Å². The molecule has 0 radical (unpaired) electrons. The average Bonchev–Trinajstić information content (AvgIpc) is 3.49. The molecule has 1 saturated heterocycles. The molecule has 1 atom stereocenters. The lowest BCUT2D eigenvalue weighted by Crippen LogP contribution is -2.28. The number of benzene rings is 2. The maximum atomic E-state index is 12.8. The van der Waals surface area contributed by atoms with Crippen molar-refractivity contribution >= 4 is 35.0 Å². The van der Waals surface area contributed by atoms with Crippen molar-refractivity contribution in [1.82, 2.24) is 9.55 Å². The molecule has 7 nitrogen and oxygen atoms in total. The summed E-state index contributed by atoms with van der Waals surface area (Å²) >= 11 is 1.77. The number of nitrogens with one attached hydrogen (secondary N) is 1. The van der Waals surface area contributed by atoms with Gasteiger partial charge in [0.15, 0.2) is 5.16 Å². The lowest BCUT2D eigenvalue weighted by molar-refractivity contribution is -0.122. The predicted molar refractivity (Wildman–Crippen MR) is 120 cm³/mol. The van der Waals surface area contributed by atoms with E-state index in [9.17, 15) is 9.59 Å². The summed E-state index contributed by atoms with van der Waals surface area (Å²) < 4.78 is 7.41. The zero-order chi connectivity index (χ0) is 21.4. The average molecular weight is 435 g/mol. The van der Waals surface area contributed by atoms with Crippen LogP contribution in [0.3, 0.4) is 0 Å². The Kier molecular flexibility index (Phi) is 5.15. The zero-order valence-electron chi connectivity index (χ0n) is 17.1. The predicted octanol–water partition coefficient (Wildman–Crippen LogP) is 3.66. The van der Waals surface area contributed by atoms with Crippen LogP contribution in [0.4, 0.5) is 11.4 Å². The Morgan fingerprint density at radius 2 is 2.06 bits per heavy atom. The van der Waals surface area contributed by atoms with Crippen molar-refractivity contribution in [2.24, 2.45) is 5.92 Å². The maximum Gasteiger partial charge on any atom is 0.229 e. The minimum absolute atomic E-state index is 0.0607. The maximum absolute atomic E-state index is 12.8. The van der Waals surface area contributed by atoms with Gasteiger partial charge in [0, 0.05) is 54.5 Å². The molecule has 2 aliphatic rings. The minimum atomic E-state index is -0.397. The van der Waals surface area contributed by atoms with Gasteiger partial charge in [0.2, 0.25) is 11.8 Å². The van der Waals surface area contributed by atoms with Crippen LogP contribution in [0.1, 0.15) is 6.42 Å². The fraction of sp³-hybridized carbons (Fsp3) is 0.261. The Labute approximate surface area is 184 Å². The molecule has 8 heteroatoms. The first-order valence-corrected chi connectivity index (χ1v) is 11.1. The molecule has 0 bridgehead atoms. The highest BCUT2D eigenvalue weighted by Crippen LogP contribution is 2.31. The molecule has 3 heterocycles. The van der Waals surface area contributed by atoms with Gasteiger partial charge < -0.3 is 19.5 Å². The molecule has 2 aliphatic heterocycles. The normalized spacial score (nSPS) is 17.6. The molecular weight excluding hydrogens is 412 g/mol. The summed E-state index contributed by atoms with van der Waals surface area (Å²) in [5, 5.41) is 4.00. The number of hydrogen-bond donors (Lipinski definition) is 1. The molecule has 5 rings (SSSR count). The topological polar surface area (TPSA) is 76.5 Å². The molecular formula is C23H22N4O3S. The van der Waals surface area contributed by atoms with Crippen LogP contribution in [-0.2, 0) is 16.1 Å². The number of imidazole rings is 1. The summed E-state index contributed by atoms with van der Waals surface area (Å²) in [6, 6.07) is 15.0. The third-order valence-corrected chi connectivity index (χ3v) is 6.58. The second-order valence-electron chi connectivity index (χ2n) is 7.62. The number of amides is 2. The molecule has 0 saturated carbocycles. The van der Waals surface area contributed by atoms with Gasteiger partial charge in [-0.05, 0) is 24.3 Å². The number of carbonyl (C=O) groups excluding carboxylic acids is 2. The molecule has 2 amide bonds. The van der Waals surface area contributed by atoms with Crippen LogP contribution in [0.5, 0.6) is 5.75 Å². The molecule has 1 unspecified atom stereocenters. The summed E-state index contributed by atoms with van der Waals surface area (Å²) in [6.07, 6.45) is 2.26. The molecule has 1 N–H and O–H groups in total. The summed E-state index contributed by atoms with van der Waals surface area (Å²) in [7, 11) is 1.59. The van der Waals surface area contributed by atoms with Crippen molar-refractivity contribution in [3.05, 3.63) is 54.7 Å². The number of ether oxygens (including phenoxy) is 1. The second-order valence-corrected chi connectivity index (χ2v) is 8.69. The fourth-order valence-corrected chi connectivity index (χ4v) is 4.87. The molecule has 3 aromatic rings. The van der Waals surface area contributed by atoms with Crippen molar-refractivity contribution in [2.75, 3.05) is 29.6 Å². The van der Waals surface area contributed by atoms with E-state index in [-0.39, 0.29) is 18.2 Å².